The Morgan fingerprint density at radius 3 is 2.51 bits per heavy atom. The molecule has 0 spiro atoms. The Labute approximate surface area is 233 Å². The Hall–Kier alpha value is -4.04. The highest BCUT2D eigenvalue weighted by Crippen LogP contribution is 2.37. The SMILES string of the molecule is CCCCOc1ccc(C2C(C(=O)Nc3ccccc3C)=C(C)Nc3nc(SCc4ccccc4)nn32)cc1. The number of hydrogen-bond acceptors (Lipinski definition) is 6. The second kappa shape index (κ2) is 12.2. The number of carbonyl (C=O) groups is 1. The molecule has 1 aliphatic heterocycles. The van der Waals surface area contributed by atoms with Crippen molar-refractivity contribution in [2.45, 2.75) is 50.6 Å². The second-order valence-electron chi connectivity index (χ2n) is 9.54. The standard InChI is InChI=1S/C31H33N5O2S/c1-4-5-19-38-25-17-15-24(16-18-25)28-27(29(37)33-26-14-10-9-11-21(26)2)22(3)32-30-34-31(35-36(28)30)39-20-23-12-7-6-8-13-23/h6-18,28H,4-5,19-20H2,1-3H3,(H,33,37)(H,32,34,35). The van der Waals surface area contributed by atoms with Gasteiger partial charge in [0.25, 0.3) is 5.91 Å². The average Bonchev–Trinajstić information content (AvgIpc) is 3.36. The molecule has 8 heteroatoms. The van der Waals surface area contributed by atoms with Crippen molar-refractivity contribution in [1.82, 2.24) is 14.8 Å². The Morgan fingerprint density at radius 1 is 1.03 bits per heavy atom. The van der Waals surface area contributed by atoms with Gasteiger partial charge in [0, 0.05) is 17.1 Å². The molecule has 1 unspecified atom stereocenters. The number of carbonyl (C=O) groups excluding carboxylic acids is 1. The van der Waals surface area contributed by atoms with E-state index >= 15 is 0 Å². The molecule has 1 aromatic heterocycles. The lowest BCUT2D eigenvalue weighted by Gasteiger charge is -2.29. The number of ether oxygens (including phenoxy) is 1. The van der Waals surface area contributed by atoms with Gasteiger partial charge >= 0.3 is 0 Å². The molecule has 2 N–H and O–H groups in total. The first-order valence-electron chi connectivity index (χ1n) is 13.2. The minimum atomic E-state index is -0.450. The van der Waals surface area contributed by atoms with Gasteiger partial charge in [0.05, 0.1) is 12.2 Å². The van der Waals surface area contributed by atoms with Gasteiger partial charge in [-0.1, -0.05) is 85.8 Å². The highest BCUT2D eigenvalue weighted by Gasteiger charge is 2.34. The van der Waals surface area contributed by atoms with Crippen molar-refractivity contribution in [2.75, 3.05) is 17.2 Å². The van der Waals surface area contributed by atoms with Crippen LogP contribution in [0.2, 0.25) is 0 Å². The minimum absolute atomic E-state index is 0.179. The fourth-order valence-electron chi connectivity index (χ4n) is 4.50. The van der Waals surface area contributed by atoms with E-state index in [-0.39, 0.29) is 5.91 Å². The van der Waals surface area contributed by atoms with E-state index in [0.29, 0.717) is 23.3 Å². The summed E-state index contributed by atoms with van der Waals surface area (Å²) in [7, 11) is 0. The van der Waals surface area contributed by atoms with Crippen LogP contribution in [0.1, 0.15) is 49.4 Å². The number of allylic oxidation sites excluding steroid dienone is 1. The number of para-hydroxylation sites is 1. The number of anilines is 2. The number of thioether (sulfide) groups is 1. The van der Waals surface area contributed by atoms with Gasteiger partial charge in [-0.3, -0.25) is 4.79 Å². The summed E-state index contributed by atoms with van der Waals surface area (Å²) >= 11 is 1.57. The third-order valence-electron chi connectivity index (χ3n) is 6.64. The number of nitrogens with one attached hydrogen (secondary N) is 2. The molecule has 7 nitrogen and oxygen atoms in total. The summed E-state index contributed by atoms with van der Waals surface area (Å²) in [5.41, 5.74) is 5.25. The Morgan fingerprint density at radius 2 is 1.77 bits per heavy atom. The lowest BCUT2D eigenvalue weighted by Crippen LogP contribution is -2.31. The molecule has 1 amide bonds. The highest BCUT2D eigenvalue weighted by atomic mass is 32.2. The third kappa shape index (κ3) is 6.17. The van der Waals surface area contributed by atoms with Gasteiger partial charge in [0.2, 0.25) is 11.1 Å². The van der Waals surface area contributed by atoms with Gasteiger partial charge in [0.15, 0.2) is 0 Å². The molecule has 1 atom stereocenters. The predicted octanol–water partition coefficient (Wildman–Crippen LogP) is 6.99. The number of benzene rings is 3. The summed E-state index contributed by atoms with van der Waals surface area (Å²) in [6.45, 7) is 6.72. The van der Waals surface area contributed by atoms with E-state index in [0.717, 1.165) is 46.9 Å². The topological polar surface area (TPSA) is 81.1 Å². The van der Waals surface area contributed by atoms with Crippen molar-refractivity contribution >= 4 is 29.3 Å². The Bertz CT molecular complexity index is 1460. The molecule has 0 radical (unpaired) electrons. The van der Waals surface area contributed by atoms with Crippen LogP contribution >= 0.6 is 11.8 Å². The monoisotopic (exact) mass is 539 g/mol. The lowest BCUT2D eigenvalue weighted by atomic mass is 9.95. The number of aryl methyl sites for hydroxylation is 1. The van der Waals surface area contributed by atoms with Gasteiger partial charge in [-0.15, -0.1) is 5.10 Å². The van der Waals surface area contributed by atoms with Crippen molar-refractivity contribution in [3.05, 3.63) is 107 Å². The molecule has 0 saturated heterocycles. The van der Waals surface area contributed by atoms with Crippen molar-refractivity contribution in [3.8, 4) is 5.75 Å². The van der Waals surface area contributed by atoms with Crippen LogP contribution in [-0.2, 0) is 10.5 Å². The zero-order valence-corrected chi connectivity index (χ0v) is 23.3. The molecular weight excluding hydrogens is 506 g/mol. The van der Waals surface area contributed by atoms with Crippen LogP contribution < -0.4 is 15.4 Å². The van der Waals surface area contributed by atoms with Gasteiger partial charge in [-0.2, -0.15) is 4.98 Å². The maximum atomic E-state index is 13.8. The van der Waals surface area contributed by atoms with Crippen LogP contribution in [0.4, 0.5) is 11.6 Å². The minimum Gasteiger partial charge on any atom is -0.494 e. The fraction of sp³-hybridized carbons (Fsp3) is 0.258. The van der Waals surface area contributed by atoms with E-state index in [2.05, 4.69) is 29.7 Å². The van der Waals surface area contributed by atoms with E-state index in [9.17, 15) is 4.79 Å². The molecule has 0 saturated carbocycles. The van der Waals surface area contributed by atoms with Crippen LogP contribution in [0, 0.1) is 6.92 Å². The maximum Gasteiger partial charge on any atom is 0.255 e. The first-order valence-corrected chi connectivity index (χ1v) is 14.2. The van der Waals surface area contributed by atoms with Crippen LogP contribution in [0.15, 0.2) is 95.3 Å². The van der Waals surface area contributed by atoms with Gasteiger partial charge in [-0.05, 0) is 55.2 Å². The molecule has 5 rings (SSSR count). The van der Waals surface area contributed by atoms with Crippen LogP contribution in [0.5, 0.6) is 5.75 Å². The van der Waals surface area contributed by atoms with Crippen molar-refractivity contribution in [3.63, 3.8) is 0 Å². The smallest absolute Gasteiger partial charge is 0.255 e. The number of fused-ring (bicyclic) bond motifs is 1. The lowest BCUT2D eigenvalue weighted by molar-refractivity contribution is -0.113. The number of unbranched alkanes of at least 4 members (excludes halogenated alkanes) is 1. The predicted molar refractivity (Wildman–Crippen MR) is 157 cm³/mol. The van der Waals surface area contributed by atoms with E-state index in [4.69, 9.17) is 14.8 Å². The van der Waals surface area contributed by atoms with E-state index in [1.165, 1.54) is 5.56 Å². The van der Waals surface area contributed by atoms with Crippen molar-refractivity contribution in [1.29, 1.82) is 0 Å². The van der Waals surface area contributed by atoms with E-state index < -0.39 is 6.04 Å². The molecule has 39 heavy (non-hydrogen) atoms. The number of amides is 1. The molecular formula is C31H33N5O2S. The molecule has 0 aliphatic carbocycles. The van der Waals surface area contributed by atoms with Crippen molar-refractivity contribution < 1.29 is 9.53 Å². The molecule has 3 aromatic carbocycles. The summed E-state index contributed by atoms with van der Waals surface area (Å²) in [4.78, 5) is 18.5. The molecule has 0 bridgehead atoms. The number of aromatic nitrogens is 3. The maximum absolute atomic E-state index is 13.8. The quantitative estimate of drug-likeness (QED) is 0.167. The summed E-state index contributed by atoms with van der Waals surface area (Å²) < 4.78 is 7.70. The molecule has 1 aliphatic rings. The normalized spacial score (nSPS) is 14.5. The Kier molecular flexibility index (Phi) is 8.32. The van der Waals surface area contributed by atoms with Gasteiger partial charge in [0.1, 0.15) is 11.8 Å². The first-order chi connectivity index (χ1) is 19.0. The zero-order valence-electron chi connectivity index (χ0n) is 22.5. The molecule has 0 fully saturated rings. The van der Waals surface area contributed by atoms with E-state index in [1.54, 1.807) is 11.8 Å². The fourth-order valence-corrected chi connectivity index (χ4v) is 5.29. The highest BCUT2D eigenvalue weighted by molar-refractivity contribution is 7.98. The second-order valence-corrected chi connectivity index (χ2v) is 10.5. The average molecular weight is 540 g/mol. The molecule has 4 aromatic rings. The summed E-state index contributed by atoms with van der Waals surface area (Å²) in [5.74, 6) is 2.00. The zero-order chi connectivity index (χ0) is 27.2. The summed E-state index contributed by atoms with van der Waals surface area (Å²) in [5, 5.41) is 11.9. The molecule has 200 valence electrons. The van der Waals surface area contributed by atoms with Crippen LogP contribution in [-0.4, -0.2) is 27.3 Å². The van der Waals surface area contributed by atoms with Crippen LogP contribution in [0.3, 0.4) is 0 Å². The first kappa shape index (κ1) is 26.6. The third-order valence-corrected chi connectivity index (χ3v) is 7.55. The molecule has 2 heterocycles. The summed E-state index contributed by atoms with van der Waals surface area (Å²) in [6, 6.07) is 25.5. The summed E-state index contributed by atoms with van der Waals surface area (Å²) in [6.07, 6.45) is 2.09. The van der Waals surface area contributed by atoms with Crippen LogP contribution in [0.25, 0.3) is 0 Å². The number of nitrogens with zero attached hydrogens (tertiary/aromatic N) is 3. The van der Waals surface area contributed by atoms with Gasteiger partial charge < -0.3 is 15.4 Å². The number of rotatable bonds is 10. The number of hydrogen-bond donors (Lipinski definition) is 2. The van der Waals surface area contributed by atoms with Gasteiger partial charge in [-0.25, -0.2) is 4.68 Å². The Balaban J connectivity index is 1.47. The van der Waals surface area contributed by atoms with Crippen molar-refractivity contribution in [2.24, 2.45) is 0 Å². The van der Waals surface area contributed by atoms with E-state index in [1.807, 2.05) is 85.3 Å². The largest absolute Gasteiger partial charge is 0.494 e.